The fourth-order valence-electron chi connectivity index (χ4n) is 2.08. The van der Waals surface area contributed by atoms with E-state index in [9.17, 15) is 10.1 Å². The van der Waals surface area contributed by atoms with Gasteiger partial charge in [-0.2, -0.15) is 0 Å². The molecule has 0 aromatic heterocycles. The lowest BCUT2D eigenvalue weighted by molar-refractivity contribution is -0.385. The summed E-state index contributed by atoms with van der Waals surface area (Å²) < 4.78 is 11.3. The van der Waals surface area contributed by atoms with Gasteiger partial charge < -0.3 is 15.2 Å². The van der Waals surface area contributed by atoms with Crippen LogP contribution in [0.1, 0.15) is 0 Å². The molecule has 6 heteroatoms. The molecule has 3 aromatic carbocycles. The normalized spacial score (nSPS) is 10.2. The average molecular weight is 322 g/mol. The van der Waals surface area contributed by atoms with E-state index in [0.717, 1.165) is 0 Å². The first-order valence-electron chi connectivity index (χ1n) is 7.16. The van der Waals surface area contributed by atoms with E-state index in [1.165, 1.54) is 18.2 Å². The van der Waals surface area contributed by atoms with Gasteiger partial charge in [0.2, 0.25) is 5.75 Å². The molecule has 0 bridgehead atoms. The summed E-state index contributed by atoms with van der Waals surface area (Å²) in [5.74, 6) is 1.62. The molecule has 3 aromatic rings. The Balaban J connectivity index is 1.90. The number of rotatable bonds is 5. The van der Waals surface area contributed by atoms with Crippen molar-refractivity contribution < 1.29 is 14.4 Å². The number of ether oxygens (including phenoxy) is 2. The number of nitrogens with two attached hydrogens (primary N) is 1. The van der Waals surface area contributed by atoms with Crippen LogP contribution in [0.2, 0.25) is 0 Å². The lowest BCUT2D eigenvalue weighted by atomic mass is 10.2. The van der Waals surface area contributed by atoms with E-state index in [1.807, 2.05) is 6.07 Å². The Bertz CT molecular complexity index is 849. The van der Waals surface area contributed by atoms with E-state index in [-0.39, 0.29) is 11.4 Å². The van der Waals surface area contributed by atoms with Crippen LogP contribution in [0.4, 0.5) is 11.4 Å². The second-order valence-electron chi connectivity index (χ2n) is 4.97. The van der Waals surface area contributed by atoms with E-state index in [1.54, 1.807) is 48.5 Å². The number of para-hydroxylation sites is 1. The van der Waals surface area contributed by atoms with Gasteiger partial charge in [-0.05, 0) is 42.5 Å². The largest absolute Gasteiger partial charge is 0.457 e. The Morgan fingerprint density at radius 3 is 2.08 bits per heavy atom. The van der Waals surface area contributed by atoms with Crippen LogP contribution >= 0.6 is 0 Å². The van der Waals surface area contributed by atoms with Crippen LogP contribution in [0.15, 0.2) is 72.8 Å². The van der Waals surface area contributed by atoms with Gasteiger partial charge in [0.1, 0.15) is 17.2 Å². The van der Waals surface area contributed by atoms with Crippen molar-refractivity contribution in [2.75, 3.05) is 5.73 Å². The van der Waals surface area contributed by atoms with Gasteiger partial charge in [0.05, 0.1) is 4.92 Å². The van der Waals surface area contributed by atoms with Gasteiger partial charge in [-0.15, -0.1) is 0 Å². The molecule has 3 rings (SSSR count). The topological polar surface area (TPSA) is 87.6 Å². The average Bonchev–Trinajstić information content (AvgIpc) is 2.58. The van der Waals surface area contributed by atoms with Crippen LogP contribution in [0.3, 0.4) is 0 Å². The van der Waals surface area contributed by atoms with Gasteiger partial charge in [-0.25, -0.2) is 0 Å². The summed E-state index contributed by atoms with van der Waals surface area (Å²) in [6.07, 6.45) is 0. The molecule has 0 aliphatic rings. The summed E-state index contributed by atoms with van der Waals surface area (Å²) in [6, 6.07) is 20.1. The van der Waals surface area contributed by atoms with Crippen LogP contribution in [-0.4, -0.2) is 4.92 Å². The van der Waals surface area contributed by atoms with E-state index in [0.29, 0.717) is 22.9 Å². The van der Waals surface area contributed by atoms with Gasteiger partial charge in [0.25, 0.3) is 0 Å². The molecule has 0 aliphatic heterocycles. The van der Waals surface area contributed by atoms with Gasteiger partial charge >= 0.3 is 5.69 Å². The molecule has 0 fully saturated rings. The number of anilines is 1. The van der Waals surface area contributed by atoms with Gasteiger partial charge in [-0.3, -0.25) is 10.1 Å². The predicted octanol–water partition coefficient (Wildman–Crippen LogP) is 4.76. The van der Waals surface area contributed by atoms with Crippen LogP contribution in [0.5, 0.6) is 23.0 Å². The smallest absolute Gasteiger partial charge is 0.311 e. The highest BCUT2D eigenvalue weighted by Crippen LogP contribution is 2.36. The number of nitro groups is 1. The predicted molar refractivity (Wildman–Crippen MR) is 90.5 cm³/mol. The fourth-order valence-corrected chi connectivity index (χ4v) is 2.08. The van der Waals surface area contributed by atoms with E-state index >= 15 is 0 Å². The molecule has 0 saturated heterocycles. The Hall–Kier alpha value is -3.54. The van der Waals surface area contributed by atoms with Crippen molar-refractivity contribution in [3.63, 3.8) is 0 Å². The van der Waals surface area contributed by atoms with E-state index in [2.05, 4.69) is 0 Å². The van der Waals surface area contributed by atoms with Gasteiger partial charge in [0, 0.05) is 17.8 Å². The van der Waals surface area contributed by atoms with Crippen molar-refractivity contribution >= 4 is 11.4 Å². The van der Waals surface area contributed by atoms with Crippen molar-refractivity contribution in [2.45, 2.75) is 0 Å². The molecule has 0 saturated carbocycles. The number of hydrogen-bond donors (Lipinski definition) is 1. The minimum Gasteiger partial charge on any atom is -0.457 e. The first kappa shape index (κ1) is 15.4. The molecule has 24 heavy (non-hydrogen) atoms. The first-order valence-corrected chi connectivity index (χ1v) is 7.16. The highest BCUT2D eigenvalue weighted by atomic mass is 16.6. The lowest BCUT2D eigenvalue weighted by Gasteiger charge is -2.10. The van der Waals surface area contributed by atoms with Crippen LogP contribution in [-0.2, 0) is 0 Å². The summed E-state index contributed by atoms with van der Waals surface area (Å²) >= 11 is 0. The Kier molecular flexibility index (Phi) is 4.29. The highest BCUT2D eigenvalue weighted by Gasteiger charge is 2.17. The molecule has 120 valence electrons. The quantitative estimate of drug-likeness (QED) is 0.415. The van der Waals surface area contributed by atoms with Crippen molar-refractivity contribution in [2.24, 2.45) is 0 Å². The second-order valence-corrected chi connectivity index (χ2v) is 4.97. The van der Waals surface area contributed by atoms with E-state index in [4.69, 9.17) is 15.2 Å². The molecule has 0 atom stereocenters. The molecule has 0 spiro atoms. The van der Waals surface area contributed by atoms with Crippen molar-refractivity contribution in [3.05, 3.63) is 82.9 Å². The summed E-state index contributed by atoms with van der Waals surface area (Å²) in [4.78, 5) is 10.7. The zero-order valence-corrected chi connectivity index (χ0v) is 12.6. The number of nitrogens with zero attached hydrogens (tertiary/aromatic N) is 1. The number of nitro benzene ring substituents is 1. The van der Waals surface area contributed by atoms with Crippen LogP contribution in [0.25, 0.3) is 0 Å². The maximum atomic E-state index is 11.2. The third kappa shape index (κ3) is 3.61. The summed E-state index contributed by atoms with van der Waals surface area (Å²) in [5.41, 5.74) is 6.12. The Labute approximate surface area is 138 Å². The molecule has 0 unspecified atom stereocenters. The summed E-state index contributed by atoms with van der Waals surface area (Å²) in [6.45, 7) is 0. The second kappa shape index (κ2) is 6.70. The monoisotopic (exact) mass is 322 g/mol. The minimum absolute atomic E-state index is 0.110. The number of benzene rings is 3. The highest BCUT2D eigenvalue weighted by molar-refractivity contribution is 5.53. The van der Waals surface area contributed by atoms with E-state index < -0.39 is 4.92 Å². The fraction of sp³-hybridized carbons (Fsp3) is 0. The van der Waals surface area contributed by atoms with Crippen LogP contribution < -0.4 is 15.2 Å². The lowest BCUT2D eigenvalue weighted by Crippen LogP contribution is -1.94. The zero-order valence-electron chi connectivity index (χ0n) is 12.6. The first-order chi connectivity index (χ1) is 11.6. The molecule has 0 aliphatic carbocycles. The van der Waals surface area contributed by atoms with Crippen molar-refractivity contribution in [3.8, 4) is 23.0 Å². The molecule has 0 radical (unpaired) electrons. The van der Waals surface area contributed by atoms with Crippen LogP contribution in [0, 0.1) is 10.1 Å². The van der Waals surface area contributed by atoms with Crippen molar-refractivity contribution in [1.29, 1.82) is 0 Å². The maximum absolute atomic E-state index is 11.2. The third-order valence-electron chi connectivity index (χ3n) is 3.21. The van der Waals surface area contributed by atoms with Gasteiger partial charge in [-0.1, -0.05) is 18.2 Å². The minimum atomic E-state index is -0.495. The number of nitrogen functional groups attached to an aromatic ring is 1. The molecular weight excluding hydrogens is 308 g/mol. The van der Waals surface area contributed by atoms with Gasteiger partial charge in [0.15, 0.2) is 0 Å². The molecule has 2 N–H and O–H groups in total. The summed E-state index contributed by atoms with van der Waals surface area (Å²) in [5, 5.41) is 11.2. The third-order valence-corrected chi connectivity index (χ3v) is 3.21. The number of hydrogen-bond acceptors (Lipinski definition) is 5. The standard InChI is InChI=1S/C18H14N2O4/c19-13-6-8-15(9-7-13)23-16-10-11-17(20(21)22)18(12-16)24-14-4-2-1-3-5-14/h1-12H,19H2. The molecular formula is C18H14N2O4. The Morgan fingerprint density at radius 2 is 1.42 bits per heavy atom. The molecule has 0 amide bonds. The SMILES string of the molecule is Nc1ccc(Oc2ccc([N+](=O)[O-])c(Oc3ccccc3)c2)cc1. The summed E-state index contributed by atoms with van der Waals surface area (Å²) in [7, 11) is 0. The molecule has 0 heterocycles. The zero-order chi connectivity index (χ0) is 16.9. The maximum Gasteiger partial charge on any atom is 0.311 e. The molecule has 6 nitrogen and oxygen atoms in total. The Morgan fingerprint density at radius 1 is 0.792 bits per heavy atom. The van der Waals surface area contributed by atoms with Crippen molar-refractivity contribution in [1.82, 2.24) is 0 Å².